The predicted octanol–water partition coefficient (Wildman–Crippen LogP) is -0.426. The third-order valence-electron chi connectivity index (χ3n) is 4.67. The number of nitrogens with one attached hydrogen (secondary N) is 4. The molecule has 0 fully saturated rings. The number of unbranched alkanes of at least 4 members (excludes halogenated alkanes) is 1. The van der Waals surface area contributed by atoms with Gasteiger partial charge in [-0.3, -0.25) is 19.2 Å². The van der Waals surface area contributed by atoms with E-state index in [1.165, 1.54) is 26.4 Å². The van der Waals surface area contributed by atoms with E-state index in [0.29, 0.717) is 25.8 Å². The molecule has 1 aliphatic carbocycles. The maximum absolute atomic E-state index is 12.4. The molecule has 4 amide bonds. The summed E-state index contributed by atoms with van der Waals surface area (Å²) < 4.78 is 8.99. The van der Waals surface area contributed by atoms with Crippen LogP contribution in [0.3, 0.4) is 0 Å². The SMILES string of the molecule is COC(=O)NCCCCC(NC(=O)OC)C(=O)NCCNC(=O)CCC1C(=O)C=CC1=O. The van der Waals surface area contributed by atoms with Crippen molar-refractivity contribution in [1.82, 2.24) is 21.3 Å². The number of carbonyl (C=O) groups is 6. The molecule has 0 aromatic carbocycles. The summed E-state index contributed by atoms with van der Waals surface area (Å²) in [5, 5.41) is 10.2. The lowest BCUT2D eigenvalue weighted by Gasteiger charge is -2.18. The minimum absolute atomic E-state index is 0.0178. The van der Waals surface area contributed by atoms with Crippen molar-refractivity contribution in [2.24, 2.45) is 5.92 Å². The topological polar surface area (TPSA) is 169 Å². The van der Waals surface area contributed by atoms with Crippen molar-refractivity contribution in [2.75, 3.05) is 33.9 Å². The summed E-state index contributed by atoms with van der Waals surface area (Å²) in [6, 6.07) is -0.844. The van der Waals surface area contributed by atoms with Crippen molar-refractivity contribution in [3.63, 3.8) is 0 Å². The molecule has 0 saturated carbocycles. The third kappa shape index (κ3) is 10.0. The monoisotopic (exact) mass is 454 g/mol. The van der Waals surface area contributed by atoms with E-state index in [2.05, 4.69) is 30.7 Å². The fourth-order valence-corrected chi connectivity index (χ4v) is 2.90. The van der Waals surface area contributed by atoms with Crippen LogP contribution < -0.4 is 21.3 Å². The van der Waals surface area contributed by atoms with E-state index >= 15 is 0 Å². The third-order valence-corrected chi connectivity index (χ3v) is 4.67. The summed E-state index contributed by atoms with van der Waals surface area (Å²) in [6.07, 6.45) is 2.71. The van der Waals surface area contributed by atoms with Gasteiger partial charge in [-0.1, -0.05) is 0 Å². The Morgan fingerprint density at radius 2 is 1.50 bits per heavy atom. The molecule has 0 aromatic heterocycles. The molecule has 178 valence electrons. The van der Waals surface area contributed by atoms with Crippen LogP contribution in [-0.2, 0) is 28.7 Å². The number of hydrogen-bond donors (Lipinski definition) is 4. The lowest BCUT2D eigenvalue weighted by Crippen LogP contribution is -2.48. The van der Waals surface area contributed by atoms with Crippen LogP contribution >= 0.6 is 0 Å². The zero-order valence-electron chi connectivity index (χ0n) is 18.2. The minimum atomic E-state index is -0.844. The fourth-order valence-electron chi connectivity index (χ4n) is 2.90. The first-order chi connectivity index (χ1) is 15.3. The summed E-state index contributed by atoms with van der Waals surface area (Å²) in [4.78, 5) is 69.7. The van der Waals surface area contributed by atoms with Crippen LogP contribution in [0.25, 0.3) is 0 Å². The van der Waals surface area contributed by atoms with Gasteiger partial charge in [0.15, 0.2) is 11.6 Å². The van der Waals surface area contributed by atoms with Crippen molar-refractivity contribution in [3.05, 3.63) is 12.2 Å². The van der Waals surface area contributed by atoms with Crippen LogP contribution in [-0.4, -0.2) is 75.5 Å². The van der Waals surface area contributed by atoms with E-state index in [0.717, 1.165) is 0 Å². The normalized spacial score (nSPS) is 13.9. The highest BCUT2D eigenvalue weighted by atomic mass is 16.5. The van der Waals surface area contributed by atoms with Crippen LogP contribution in [0.4, 0.5) is 9.59 Å². The quantitative estimate of drug-likeness (QED) is 0.215. The molecule has 12 nitrogen and oxygen atoms in total. The van der Waals surface area contributed by atoms with Gasteiger partial charge in [0, 0.05) is 26.1 Å². The number of rotatable bonds is 13. The Labute approximate surface area is 185 Å². The summed E-state index contributed by atoms with van der Waals surface area (Å²) in [7, 11) is 2.44. The molecule has 4 N–H and O–H groups in total. The number of hydrogen-bond acceptors (Lipinski definition) is 8. The second-order valence-electron chi connectivity index (χ2n) is 6.97. The summed E-state index contributed by atoms with van der Waals surface area (Å²) >= 11 is 0. The Morgan fingerprint density at radius 3 is 2.12 bits per heavy atom. The number of ketones is 2. The predicted molar refractivity (Wildman–Crippen MR) is 111 cm³/mol. The van der Waals surface area contributed by atoms with E-state index in [-0.39, 0.29) is 43.4 Å². The number of amides is 4. The molecule has 0 radical (unpaired) electrons. The zero-order chi connectivity index (χ0) is 23.9. The largest absolute Gasteiger partial charge is 0.453 e. The molecule has 1 aliphatic rings. The second-order valence-corrected chi connectivity index (χ2v) is 6.97. The summed E-state index contributed by atoms with van der Waals surface area (Å²) in [5.41, 5.74) is 0. The van der Waals surface area contributed by atoms with Crippen molar-refractivity contribution in [1.29, 1.82) is 0 Å². The van der Waals surface area contributed by atoms with Crippen molar-refractivity contribution < 1.29 is 38.2 Å². The maximum atomic E-state index is 12.4. The van der Waals surface area contributed by atoms with E-state index in [4.69, 9.17) is 0 Å². The summed E-state index contributed by atoms with van der Waals surface area (Å²) in [5.74, 6) is -2.15. The van der Waals surface area contributed by atoms with E-state index in [1.54, 1.807) is 0 Å². The first-order valence-electron chi connectivity index (χ1n) is 10.2. The van der Waals surface area contributed by atoms with Gasteiger partial charge in [-0.2, -0.15) is 0 Å². The number of allylic oxidation sites excluding steroid dienone is 2. The smallest absolute Gasteiger partial charge is 0.407 e. The molecule has 1 rings (SSSR count). The van der Waals surface area contributed by atoms with Crippen molar-refractivity contribution >= 4 is 35.6 Å². The Bertz CT molecular complexity index is 719. The Hall–Kier alpha value is -3.44. The molecule has 0 aliphatic heterocycles. The van der Waals surface area contributed by atoms with Crippen LogP contribution in [0, 0.1) is 5.92 Å². The van der Waals surface area contributed by atoms with Gasteiger partial charge in [0.1, 0.15) is 6.04 Å². The van der Waals surface area contributed by atoms with Crippen LogP contribution in [0.2, 0.25) is 0 Å². The number of carbonyl (C=O) groups excluding carboxylic acids is 6. The van der Waals surface area contributed by atoms with Crippen LogP contribution in [0.15, 0.2) is 12.2 Å². The minimum Gasteiger partial charge on any atom is -0.453 e. The fraction of sp³-hybridized carbons (Fsp3) is 0.600. The second kappa shape index (κ2) is 14.5. The molecule has 32 heavy (non-hydrogen) atoms. The first-order valence-corrected chi connectivity index (χ1v) is 10.2. The number of methoxy groups -OCH3 is 2. The van der Waals surface area contributed by atoms with Gasteiger partial charge in [-0.05, 0) is 37.8 Å². The Morgan fingerprint density at radius 1 is 0.875 bits per heavy atom. The molecule has 0 aromatic rings. The molecule has 0 bridgehead atoms. The molecular weight excluding hydrogens is 424 g/mol. The highest BCUT2D eigenvalue weighted by molar-refractivity contribution is 6.18. The Balaban J connectivity index is 2.30. The van der Waals surface area contributed by atoms with E-state index in [9.17, 15) is 28.8 Å². The average molecular weight is 454 g/mol. The molecule has 1 atom stereocenters. The lowest BCUT2D eigenvalue weighted by atomic mass is 9.99. The van der Waals surface area contributed by atoms with Crippen LogP contribution in [0.1, 0.15) is 32.1 Å². The maximum Gasteiger partial charge on any atom is 0.407 e. The molecular formula is C20H30N4O8. The van der Waals surface area contributed by atoms with Gasteiger partial charge < -0.3 is 30.7 Å². The van der Waals surface area contributed by atoms with Crippen molar-refractivity contribution in [2.45, 2.75) is 38.1 Å². The van der Waals surface area contributed by atoms with Gasteiger partial charge in [-0.25, -0.2) is 9.59 Å². The number of ether oxygens (including phenoxy) is 2. The highest BCUT2D eigenvalue weighted by Crippen LogP contribution is 2.16. The molecule has 0 saturated heterocycles. The van der Waals surface area contributed by atoms with Gasteiger partial charge in [0.2, 0.25) is 11.8 Å². The number of alkyl carbamates (subject to hydrolysis) is 2. The van der Waals surface area contributed by atoms with Gasteiger partial charge in [-0.15, -0.1) is 0 Å². The zero-order valence-corrected chi connectivity index (χ0v) is 18.2. The van der Waals surface area contributed by atoms with Gasteiger partial charge in [0.05, 0.1) is 20.1 Å². The molecule has 1 unspecified atom stereocenters. The van der Waals surface area contributed by atoms with Gasteiger partial charge in [0.25, 0.3) is 0 Å². The molecule has 0 spiro atoms. The lowest BCUT2D eigenvalue weighted by molar-refractivity contribution is -0.127. The first kappa shape index (κ1) is 26.6. The van der Waals surface area contributed by atoms with E-state index in [1.807, 2.05) is 0 Å². The highest BCUT2D eigenvalue weighted by Gasteiger charge is 2.28. The van der Waals surface area contributed by atoms with E-state index < -0.39 is 30.1 Å². The average Bonchev–Trinajstić information content (AvgIpc) is 3.10. The van der Waals surface area contributed by atoms with Crippen molar-refractivity contribution in [3.8, 4) is 0 Å². The molecule has 0 heterocycles. The van der Waals surface area contributed by atoms with Crippen LogP contribution in [0.5, 0.6) is 0 Å². The molecule has 12 heteroatoms. The summed E-state index contributed by atoms with van der Waals surface area (Å²) in [6.45, 7) is 0.624. The Kier molecular flexibility index (Phi) is 12.1. The van der Waals surface area contributed by atoms with Gasteiger partial charge >= 0.3 is 12.2 Å². The standard InChI is InChI=1S/C20H30N4O8/c1-31-19(29)23-10-4-3-5-14(24-20(30)32-2)18(28)22-12-11-21-17(27)9-6-13-15(25)7-8-16(13)26/h7-8,13-14H,3-6,9-12H2,1-2H3,(H,21,27)(H,22,28)(H,23,29)(H,24,30).